The summed E-state index contributed by atoms with van der Waals surface area (Å²) in [5, 5.41) is 0. The molecule has 0 aliphatic rings. The maximum absolute atomic E-state index is 12.3. The van der Waals surface area contributed by atoms with Crippen molar-refractivity contribution in [3.05, 3.63) is 59.7 Å². The first-order valence-electron chi connectivity index (χ1n) is 7.85. The van der Waals surface area contributed by atoms with Crippen molar-refractivity contribution < 1.29 is 32.2 Å². The Bertz CT molecular complexity index is 911. The van der Waals surface area contributed by atoms with E-state index in [0.29, 0.717) is 5.75 Å². The molecule has 8 nitrogen and oxygen atoms in total. The number of sulfonamides is 1. The summed E-state index contributed by atoms with van der Waals surface area (Å²) in [6.07, 6.45) is 0. The van der Waals surface area contributed by atoms with Gasteiger partial charge in [-0.15, -0.1) is 0 Å². The van der Waals surface area contributed by atoms with Gasteiger partial charge in [-0.1, -0.05) is 18.2 Å². The predicted octanol–water partition coefficient (Wildman–Crippen LogP) is 2.08. The van der Waals surface area contributed by atoms with E-state index in [1.54, 1.807) is 24.3 Å². The Hall–Kier alpha value is -3.07. The lowest BCUT2D eigenvalue weighted by molar-refractivity contribution is 0.0587. The minimum atomic E-state index is -3.85. The number of hydrogen-bond acceptors (Lipinski definition) is 7. The molecule has 0 aliphatic carbocycles. The van der Waals surface area contributed by atoms with Crippen molar-refractivity contribution in [3.8, 4) is 5.75 Å². The highest BCUT2D eigenvalue weighted by Crippen LogP contribution is 2.21. The lowest BCUT2D eigenvalue weighted by atomic mass is 10.1. The van der Waals surface area contributed by atoms with Crippen LogP contribution < -0.4 is 9.46 Å². The second kappa shape index (κ2) is 9.04. The number of methoxy groups -OCH3 is 2. The standard InChI is InChI=1S/C18H19NO7S/c1-24-17(20)13-8-9-15(18(21)25-2)16(12-13)19-27(22,23)11-10-26-14-6-4-3-5-7-14/h3-9,12,19H,10-11H2,1-2H3. The highest BCUT2D eigenvalue weighted by atomic mass is 32.2. The molecule has 0 atom stereocenters. The largest absolute Gasteiger partial charge is 0.492 e. The molecule has 0 bridgehead atoms. The van der Waals surface area contributed by atoms with Crippen LogP contribution in [-0.2, 0) is 19.5 Å². The van der Waals surface area contributed by atoms with Crippen molar-refractivity contribution in [1.29, 1.82) is 0 Å². The Morgan fingerprint density at radius 1 is 0.963 bits per heavy atom. The molecule has 0 spiro atoms. The van der Waals surface area contributed by atoms with Gasteiger partial charge in [0, 0.05) is 0 Å². The molecule has 0 radical (unpaired) electrons. The average molecular weight is 393 g/mol. The van der Waals surface area contributed by atoms with E-state index in [1.165, 1.54) is 32.4 Å². The Balaban J connectivity index is 2.16. The number of carbonyl (C=O) groups is 2. The molecule has 0 amide bonds. The van der Waals surface area contributed by atoms with Gasteiger partial charge in [-0.25, -0.2) is 18.0 Å². The maximum Gasteiger partial charge on any atom is 0.339 e. The number of esters is 2. The van der Waals surface area contributed by atoms with Gasteiger partial charge >= 0.3 is 11.9 Å². The van der Waals surface area contributed by atoms with Crippen LogP contribution in [0.25, 0.3) is 0 Å². The summed E-state index contributed by atoms with van der Waals surface area (Å²) in [7, 11) is -1.49. The zero-order valence-electron chi connectivity index (χ0n) is 14.8. The van der Waals surface area contributed by atoms with E-state index in [0.717, 1.165) is 0 Å². The number of rotatable bonds is 8. The van der Waals surface area contributed by atoms with Gasteiger partial charge in [0.05, 0.1) is 31.0 Å². The number of nitrogens with one attached hydrogen (secondary N) is 1. The molecular weight excluding hydrogens is 374 g/mol. The molecule has 0 fully saturated rings. The summed E-state index contributed by atoms with van der Waals surface area (Å²) >= 11 is 0. The van der Waals surface area contributed by atoms with Gasteiger partial charge in [0.2, 0.25) is 10.0 Å². The molecule has 9 heteroatoms. The fourth-order valence-corrected chi connectivity index (χ4v) is 3.07. The summed E-state index contributed by atoms with van der Waals surface area (Å²) in [6, 6.07) is 12.6. The fourth-order valence-electron chi connectivity index (χ4n) is 2.17. The molecule has 27 heavy (non-hydrogen) atoms. The van der Waals surface area contributed by atoms with Crippen LogP contribution in [0.5, 0.6) is 5.75 Å². The zero-order valence-corrected chi connectivity index (χ0v) is 15.6. The minimum absolute atomic E-state index is 0.0299. The quantitative estimate of drug-likeness (QED) is 0.684. The third kappa shape index (κ3) is 5.71. The number of ether oxygens (including phenoxy) is 3. The molecule has 2 aromatic carbocycles. The molecule has 144 valence electrons. The summed E-state index contributed by atoms with van der Waals surface area (Å²) in [5.41, 5.74) is -0.0226. The first kappa shape index (κ1) is 20.2. The third-order valence-electron chi connectivity index (χ3n) is 3.48. The van der Waals surface area contributed by atoms with Crippen molar-refractivity contribution >= 4 is 27.6 Å². The molecule has 0 heterocycles. The van der Waals surface area contributed by atoms with Gasteiger partial charge in [0.1, 0.15) is 18.1 Å². The van der Waals surface area contributed by atoms with Crippen molar-refractivity contribution in [2.45, 2.75) is 0 Å². The second-order valence-corrected chi connectivity index (χ2v) is 7.17. The molecule has 1 N–H and O–H groups in total. The molecule has 0 saturated heterocycles. The highest BCUT2D eigenvalue weighted by Gasteiger charge is 2.20. The molecular formula is C18H19NO7S. The van der Waals surface area contributed by atoms with Crippen molar-refractivity contribution in [2.75, 3.05) is 31.3 Å². The van der Waals surface area contributed by atoms with E-state index >= 15 is 0 Å². The van der Waals surface area contributed by atoms with Crippen LogP contribution in [0.3, 0.4) is 0 Å². The smallest absolute Gasteiger partial charge is 0.339 e. The van der Waals surface area contributed by atoms with E-state index < -0.39 is 22.0 Å². The third-order valence-corrected chi connectivity index (χ3v) is 4.71. The normalized spacial score (nSPS) is 10.7. The van der Waals surface area contributed by atoms with Gasteiger partial charge in [-0.2, -0.15) is 0 Å². The minimum Gasteiger partial charge on any atom is -0.492 e. The Morgan fingerprint density at radius 3 is 2.26 bits per heavy atom. The van der Waals surface area contributed by atoms with E-state index in [1.807, 2.05) is 6.07 Å². The van der Waals surface area contributed by atoms with E-state index in [9.17, 15) is 18.0 Å². The summed E-state index contributed by atoms with van der Waals surface area (Å²) < 4.78 is 41.6. The predicted molar refractivity (Wildman–Crippen MR) is 98.5 cm³/mol. The Morgan fingerprint density at radius 2 is 1.63 bits per heavy atom. The molecule has 0 saturated carbocycles. The zero-order chi connectivity index (χ0) is 19.9. The number of anilines is 1. The van der Waals surface area contributed by atoms with Gasteiger partial charge in [0.15, 0.2) is 0 Å². The van der Waals surface area contributed by atoms with Crippen molar-refractivity contribution in [1.82, 2.24) is 0 Å². The average Bonchev–Trinajstić information content (AvgIpc) is 2.67. The highest BCUT2D eigenvalue weighted by molar-refractivity contribution is 7.92. The summed E-state index contributed by atoms with van der Waals surface area (Å²) in [6.45, 7) is -0.0937. The molecule has 2 aromatic rings. The van der Waals surface area contributed by atoms with Gasteiger partial charge < -0.3 is 14.2 Å². The van der Waals surface area contributed by atoms with Crippen LogP contribution in [0, 0.1) is 0 Å². The maximum atomic E-state index is 12.3. The van der Waals surface area contributed by atoms with Gasteiger partial charge in [-0.05, 0) is 30.3 Å². The van der Waals surface area contributed by atoms with Crippen molar-refractivity contribution in [3.63, 3.8) is 0 Å². The number of hydrogen-bond donors (Lipinski definition) is 1. The van der Waals surface area contributed by atoms with Gasteiger partial charge in [-0.3, -0.25) is 4.72 Å². The van der Waals surface area contributed by atoms with Crippen LogP contribution in [0.15, 0.2) is 48.5 Å². The lowest BCUT2D eigenvalue weighted by Crippen LogP contribution is -2.23. The van der Waals surface area contributed by atoms with Crippen LogP contribution in [0.1, 0.15) is 20.7 Å². The summed E-state index contributed by atoms with van der Waals surface area (Å²) in [4.78, 5) is 23.5. The van der Waals surface area contributed by atoms with E-state index in [4.69, 9.17) is 4.74 Å². The molecule has 0 aliphatic heterocycles. The van der Waals surface area contributed by atoms with Crippen LogP contribution in [-0.4, -0.2) is 46.9 Å². The second-order valence-electron chi connectivity index (χ2n) is 5.33. The Kier molecular flexibility index (Phi) is 6.78. The van der Waals surface area contributed by atoms with Gasteiger partial charge in [0.25, 0.3) is 0 Å². The molecule has 0 unspecified atom stereocenters. The lowest BCUT2D eigenvalue weighted by Gasteiger charge is -2.13. The van der Waals surface area contributed by atoms with Crippen LogP contribution in [0.4, 0.5) is 5.69 Å². The van der Waals surface area contributed by atoms with Crippen LogP contribution in [0.2, 0.25) is 0 Å². The topological polar surface area (TPSA) is 108 Å². The van der Waals surface area contributed by atoms with E-state index in [2.05, 4.69) is 14.2 Å². The van der Waals surface area contributed by atoms with Crippen LogP contribution >= 0.6 is 0 Å². The molecule has 0 aromatic heterocycles. The van der Waals surface area contributed by atoms with Crippen molar-refractivity contribution in [2.24, 2.45) is 0 Å². The number of carbonyl (C=O) groups excluding carboxylic acids is 2. The summed E-state index contributed by atoms with van der Waals surface area (Å²) in [5.74, 6) is -1.23. The first-order valence-corrected chi connectivity index (χ1v) is 9.50. The monoisotopic (exact) mass is 393 g/mol. The molecule has 2 rings (SSSR count). The number of benzene rings is 2. The van der Waals surface area contributed by atoms with E-state index in [-0.39, 0.29) is 29.2 Å². The first-order chi connectivity index (χ1) is 12.9. The Labute approximate surface area is 157 Å². The fraction of sp³-hybridized carbons (Fsp3) is 0.222. The number of para-hydroxylation sites is 1. The SMILES string of the molecule is COC(=O)c1ccc(C(=O)OC)c(NS(=O)(=O)CCOc2ccccc2)c1.